The summed E-state index contributed by atoms with van der Waals surface area (Å²) in [5.41, 5.74) is 7.95. The molecule has 1 aromatic carbocycles. The molecule has 4 heteroatoms. The van der Waals surface area contributed by atoms with Gasteiger partial charge in [-0.25, -0.2) is 4.98 Å². The molecule has 4 nitrogen and oxygen atoms in total. The molecule has 0 saturated carbocycles. The molecule has 1 aromatic heterocycles. The number of aromatic hydroxyl groups is 1. The highest BCUT2D eigenvalue weighted by Gasteiger charge is 2.20. The first-order valence-electron chi connectivity index (χ1n) is 5.84. The van der Waals surface area contributed by atoms with Gasteiger partial charge in [0.05, 0.1) is 5.56 Å². The molecule has 0 spiro atoms. The van der Waals surface area contributed by atoms with E-state index in [2.05, 4.69) is 9.55 Å². The van der Waals surface area contributed by atoms with E-state index in [-0.39, 0.29) is 11.8 Å². The van der Waals surface area contributed by atoms with Gasteiger partial charge in [-0.1, -0.05) is 12.1 Å². The molecule has 1 aliphatic heterocycles. The molecule has 0 amide bonds. The molecule has 0 fully saturated rings. The zero-order chi connectivity index (χ0) is 11.8. The molecule has 0 saturated heterocycles. The van der Waals surface area contributed by atoms with Crippen molar-refractivity contribution in [1.29, 1.82) is 0 Å². The van der Waals surface area contributed by atoms with Crippen LogP contribution in [-0.2, 0) is 13.0 Å². The average molecular weight is 229 g/mol. The largest absolute Gasteiger partial charge is 0.507 e. The Morgan fingerprint density at radius 3 is 3.00 bits per heavy atom. The van der Waals surface area contributed by atoms with Crippen molar-refractivity contribution in [2.45, 2.75) is 25.4 Å². The van der Waals surface area contributed by atoms with Crippen LogP contribution in [-0.4, -0.2) is 20.7 Å². The van der Waals surface area contributed by atoms with Crippen LogP contribution in [0, 0.1) is 0 Å². The summed E-state index contributed by atoms with van der Waals surface area (Å²) in [5, 5.41) is 9.87. The fourth-order valence-corrected chi connectivity index (χ4v) is 2.35. The van der Waals surface area contributed by atoms with E-state index in [1.807, 2.05) is 24.4 Å². The maximum Gasteiger partial charge on any atom is 0.143 e. The Kier molecular flexibility index (Phi) is 2.37. The van der Waals surface area contributed by atoms with Gasteiger partial charge in [-0.3, -0.25) is 0 Å². The zero-order valence-corrected chi connectivity index (χ0v) is 9.50. The highest BCUT2D eigenvalue weighted by Crippen LogP contribution is 2.30. The first-order valence-corrected chi connectivity index (χ1v) is 5.84. The number of rotatable bonds is 1. The van der Waals surface area contributed by atoms with Gasteiger partial charge in [0.15, 0.2) is 0 Å². The molecule has 1 aliphatic rings. The number of phenols is 1. The van der Waals surface area contributed by atoms with E-state index in [0.717, 1.165) is 30.8 Å². The molecule has 2 heterocycles. The van der Waals surface area contributed by atoms with Gasteiger partial charge < -0.3 is 15.4 Å². The van der Waals surface area contributed by atoms with Crippen LogP contribution in [0.1, 0.15) is 12.1 Å². The average Bonchev–Trinajstić information content (AvgIpc) is 2.72. The molecule has 0 radical (unpaired) electrons. The van der Waals surface area contributed by atoms with Gasteiger partial charge in [-0.15, -0.1) is 0 Å². The molecule has 1 atom stereocenters. The van der Waals surface area contributed by atoms with Gasteiger partial charge >= 0.3 is 0 Å². The Morgan fingerprint density at radius 2 is 2.18 bits per heavy atom. The van der Waals surface area contributed by atoms with E-state index in [1.165, 1.54) is 5.69 Å². The van der Waals surface area contributed by atoms with Crippen LogP contribution in [0.5, 0.6) is 5.75 Å². The number of nitrogens with two attached hydrogens (primary N) is 1. The maximum atomic E-state index is 9.87. The van der Waals surface area contributed by atoms with Crippen LogP contribution in [0.2, 0.25) is 0 Å². The third-order valence-electron chi connectivity index (χ3n) is 3.27. The molecule has 0 aliphatic carbocycles. The minimum atomic E-state index is 0.182. The van der Waals surface area contributed by atoms with E-state index >= 15 is 0 Å². The van der Waals surface area contributed by atoms with E-state index in [1.54, 1.807) is 6.07 Å². The second-order valence-corrected chi connectivity index (χ2v) is 4.50. The van der Waals surface area contributed by atoms with Crippen LogP contribution >= 0.6 is 0 Å². The van der Waals surface area contributed by atoms with Crippen molar-refractivity contribution in [2.75, 3.05) is 0 Å². The highest BCUT2D eigenvalue weighted by molar-refractivity contribution is 5.64. The number of aryl methyl sites for hydroxylation is 1. The zero-order valence-electron chi connectivity index (χ0n) is 9.50. The van der Waals surface area contributed by atoms with Crippen molar-refractivity contribution in [3.8, 4) is 17.1 Å². The summed E-state index contributed by atoms with van der Waals surface area (Å²) >= 11 is 0. The normalized spacial score (nSPS) is 19.0. The van der Waals surface area contributed by atoms with Gasteiger partial charge in [0, 0.05) is 24.5 Å². The second-order valence-electron chi connectivity index (χ2n) is 4.50. The number of hydrogen-bond donors (Lipinski definition) is 2. The van der Waals surface area contributed by atoms with Crippen molar-refractivity contribution in [2.24, 2.45) is 5.73 Å². The number of hydrogen-bond acceptors (Lipinski definition) is 3. The summed E-state index contributed by atoms with van der Waals surface area (Å²) in [5.74, 6) is 1.08. The summed E-state index contributed by atoms with van der Waals surface area (Å²) in [6.07, 6.45) is 3.85. The van der Waals surface area contributed by atoms with Gasteiger partial charge in [-0.05, 0) is 25.0 Å². The predicted molar refractivity (Wildman–Crippen MR) is 65.6 cm³/mol. The Morgan fingerprint density at radius 1 is 1.35 bits per heavy atom. The standard InChI is InChI=1S/C13H15N3O/c14-9-5-6-10-7-15-13(16(10)8-9)11-3-1-2-4-12(11)17/h1-4,7,9,17H,5-6,8,14H2. The molecular formula is C13H15N3O. The first kappa shape index (κ1) is 10.4. The van der Waals surface area contributed by atoms with Crippen molar-refractivity contribution in [3.05, 3.63) is 36.2 Å². The summed E-state index contributed by atoms with van der Waals surface area (Å²) in [7, 11) is 0. The number of imidazole rings is 1. The number of nitrogens with zero attached hydrogens (tertiary/aromatic N) is 2. The summed E-state index contributed by atoms with van der Waals surface area (Å²) in [4.78, 5) is 4.41. The predicted octanol–water partition coefficient (Wildman–Crippen LogP) is 1.53. The van der Waals surface area contributed by atoms with E-state index in [4.69, 9.17) is 5.73 Å². The number of aromatic nitrogens is 2. The molecule has 2 aromatic rings. The SMILES string of the molecule is NC1CCc2cnc(-c3ccccc3O)n2C1. The molecule has 1 unspecified atom stereocenters. The smallest absolute Gasteiger partial charge is 0.143 e. The third-order valence-corrected chi connectivity index (χ3v) is 3.27. The van der Waals surface area contributed by atoms with Gasteiger partial charge in [-0.2, -0.15) is 0 Å². The number of fused-ring (bicyclic) bond motifs is 1. The van der Waals surface area contributed by atoms with Crippen LogP contribution in [0.4, 0.5) is 0 Å². The van der Waals surface area contributed by atoms with Crippen LogP contribution < -0.4 is 5.73 Å². The summed E-state index contributed by atoms with van der Waals surface area (Å²) in [6.45, 7) is 0.777. The second kappa shape index (κ2) is 3.89. The number of para-hydroxylation sites is 1. The molecular weight excluding hydrogens is 214 g/mol. The van der Waals surface area contributed by atoms with Gasteiger partial charge in [0.2, 0.25) is 0 Å². The lowest BCUT2D eigenvalue weighted by atomic mass is 10.1. The van der Waals surface area contributed by atoms with Crippen molar-refractivity contribution < 1.29 is 5.11 Å². The van der Waals surface area contributed by atoms with Crippen LogP contribution in [0.15, 0.2) is 30.5 Å². The molecule has 3 N–H and O–H groups in total. The van der Waals surface area contributed by atoms with Crippen LogP contribution in [0.25, 0.3) is 11.4 Å². The highest BCUT2D eigenvalue weighted by atomic mass is 16.3. The monoisotopic (exact) mass is 229 g/mol. The Labute approximate surface area is 99.7 Å². The van der Waals surface area contributed by atoms with Crippen molar-refractivity contribution >= 4 is 0 Å². The van der Waals surface area contributed by atoms with E-state index in [0.29, 0.717) is 0 Å². The van der Waals surface area contributed by atoms with E-state index < -0.39 is 0 Å². The van der Waals surface area contributed by atoms with Crippen LogP contribution in [0.3, 0.4) is 0 Å². The fraction of sp³-hybridized carbons (Fsp3) is 0.308. The number of phenolic OH excluding ortho intramolecular Hbond substituents is 1. The van der Waals surface area contributed by atoms with Crippen molar-refractivity contribution in [3.63, 3.8) is 0 Å². The lowest BCUT2D eigenvalue weighted by Gasteiger charge is -2.22. The topological polar surface area (TPSA) is 64.1 Å². The molecule has 17 heavy (non-hydrogen) atoms. The summed E-state index contributed by atoms with van der Waals surface area (Å²) in [6, 6.07) is 7.45. The molecule has 0 bridgehead atoms. The Hall–Kier alpha value is -1.81. The molecule has 88 valence electrons. The Bertz CT molecular complexity index is 547. The van der Waals surface area contributed by atoms with Gasteiger partial charge in [0.25, 0.3) is 0 Å². The summed E-state index contributed by atoms with van der Waals surface area (Å²) < 4.78 is 2.11. The Balaban J connectivity index is 2.11. The first-order chi connectivity index (χ1) is 8.25. The lowest BCUT2D eigenvalue weighted by Crippen LogP contribution is -2.31. The lowest BCUT2D eigenvalue weighted by molar-refractivity contribution is 0.458. The fourth-order valence-electron chi connectivity index (χ4n) is 2.35. The van der Waals surface area contributed by atoms with Gasteiger partial charge in [0.1, 0.15) is 11.6 Å². The van der Waals surface area contributed by atoms with Crippen molar-refractivity contribution in [1.82, 2.24) is 9.55 Å². The third kappa shape index (κ3) is 1.70. The minimum absolute atomic E-state index is 0.182. The maximum absolute atomic E-state index is 9.87. The quantitative estimate of drug-likeness (QED) is 0.779. The number of benzene rings is 1. The molecule has 3 rings (SSSR count). The van der Waals surface area contributed by atoms with E-state index in [9.17, 15) is 5.11 Å². The minimum Gasteiger partial charge on any atom is -0.507 e.